The largest absolute Gasteiger partial charge is 0.483 e. The Hall–Kier alpha value is -4.72. The molecule has 6 aromatic carbocycles. The summed E-state index contributed by atoms with van der Waals surface area (Å²) in [6.07, 6.45) is 11.4. The standard InChI is InChI=1S/C26H31O3S.C17H18F3OS.C17H19O3S/c27-25(29-26-19-12-17-11-18(14-19)15-20(26)13-17)16-28-23-7-8-24(30-9-3-4-10-30)22-6-2-1-5-21(22)23;18-17(19,20)12-21-15-8-9-16(22-10-4-1-5-11-22)14-7-3-2-6-13(14)15;1-19-17(18)12-20-15-8-9-16(21-10-4-5-11-21)14-7-3-2-6-13(14)15/h1-2,5-8,17-20,26H,3-4,9-16H2;2-3,6-9H,1,4-5,10-12H2;2-3,6-9H,4-5,10-12H2,1H3/q3*+1. The van der Waals surface area contributed by atoms with E-state index in [1.807, 2.05) is 42.5 Å². The summed E-state index contributed by atoms with van der Waals surface area (Å²) in [7, 11) is 2.30. The highest BCUT2D eigenvalue weighted by atomic mass is 32.2. The van der Waals surface area contributed by atoms with E-state index in [1.54, 1.807) is 6.07 Å². The van der Waals surface area contributed by atoms with Crippen molar-refractivity contribution in [1.82, 2.24) is 0 Å². The van der Waals surface area contributed by atoms with Crippen molar-refractivity contribution in [2.45, 2.75) is 104 Å². The molecule has 0 unspecified atom stereocenters. The van der Waals surface area contributed by atoms with E-state index < -0.39 is 12.8 Å². The molecule has 3 aliphatic heterocycles. The fraction of sp³-hybridized carbons (Fsp3) is 0.467. The van der Waals surface area contributed by atoms with E-state index in [-0.39, 0.29) is 42.2 Å². The molecule has 0 aromatic heterocycles. The van der Waals surface area contributed by atoms with Crippen LogP contribution in [-0.4, -0.2) is 85.7 Å². The van der Waals surface area contributed by atoms with E-state index in [0.29, 0.717) is 39.4 Å². The van der Waals surface area contributed by atoms with E-state index in [1.165, 1.54) is 144 Å². The van der Waals surface area contributed by atoms with Gasteiger partial charge in [0.25, 0.3) is 0 Å². The molecule has 13 rings (SSSR count). The van der Waals surface area contributed by atoms with Crippen molar-refractivity contribution in [3.8, 4) is 17.2 Å². The molecule has 13 heteroatoms. The highest BCUT2D eigenvalue weighted by Gasteiger charge is 2.50. The molecule has 3 heterocycles. The first kappa shape index (κ1) is 51.8. The van der Waals surface area contributed by atoms with E-state index in [9.17, 15) is 22.8 Å². The average molecular weight is 1050 g/mol. The number of hydrogen-bond acceptors (Lipinski definition) is 7. The maximum atomic E-state index is 12.7. The first-order valence-corrected chi connectivity index (χ1v) is 31.1. The van der Waals surface area contributed by atoms with Crippen LogP contribution >= 0.6 is 0 Å². The third-order valence-corrected chi connectivity index (χ3v) is 23.2. The van der Waals surface area contributed by atoms with Crippen LogP contribution < -0.4 is 14.2 Å². The lowest BCUT2D eigenvalue weighted by atomic mass is 9.55. The van der Waals surface area contributed by atoms with Crippen LogP contribution in [-0.2, 0) is 51.7 Å². The molecule has 0 radical (unpaired) electrons. The Morgan fingerprint density at radius 1 is 0.466 bits per heavy atom. The van der Waals surface area contributed by atoms with Crippen LogP contribution in [0.25, 0.3) is 32.3 Å². The Bertz CT molecular complexity index is 2830. The third-order valence-electron chi connectivity index (χ3n) is 15.5. The Balaban J connectivity index is 0.000000129. The lowest BCUT2D eigenvalue weighted by Gasteiger charge is -2.53. The van der Waals surface area contributed by atoms with Crippen molar-refractivity contribution in [3.05, 3.63) is 109 Å². The zero-order valence-electron chi connectivity index (χ0n) is 41.8. The Kier molecular flexibility index (Phi) is 16.9. The Morgan fingerprint density at radius 2 is 0.822 bits per heavy atom. The molecule has 0 N–H and O–H groups in total. The van der Waals surface area contributed by atoms with Gasteiger partial charge in [-0.1, -0.05) is 54.6 Å². The van der Waals surface area contributed by atoms with Gasteiger partial charge in [0.2, 0.25) is 0 Å². The number of fused-ring (bicyclic) bond motifs is 3. The van der Waals surface area contributed by atoms with Gasteiger partial charge in [-0.3, -0.25) is 0 Å². The third kappa shape index (κ3) is 12.5. The van der Waals surface area contributed by atoms with E-state index >= 15 is 0 Å². The van der Waals surface area contributed by atoms with Crippen LogP contribution in [0.3, 0.4) is 0 Å². The zero-order valence-corrected chi connectivity index (χ0v) is 44.3. The molecule has 7 nitrogen and oxygen atoms in total. The number of benzene rings is 6. The normalized spacial score (nSPS) is 22.9. The minimum atomic E-state index is -4.31. The molecule has 0 atom stereocenters. The molecule has 7 aliphatic rings. The second-order valence-electron chi connectivity index (χ2n) is 20.4. The van der Waals surface area contributed by atoms with Gasteiger partial charge in [-0.15, -0.1) is 0 Å². The minimum absolute atomic E-state index is 0.0118. The first-order chi connectivity index (χ1) is 35.6. The van der Waals surface area contributed by atoms with E-state index in [2.05, 4.69) is 65.4 Å². The Morgan fingerprint density at radius 3 is 1.21 bits per heavy atom. The van der Waals surface area contributed by atoms with Crippen LogP contribution in [0.15, 0.2) is 124 Å². The average Bonchev–Trinajstić information content (AvgIpc) is 4.17. The van der Waals surface area contributed by atoms with Gasteiger partial charge >= 0.3 is 18.1 Å². The van der Waals surface area contributed by atoms with Crippen LogP contribution in [0.1, 0.15) is 77.0 Å². The quantitative estimate of drug-likeness (QED) is 0.0892. The molecule has 4 saturated carbocycles. The van der Waals surface area contributed by atoms with Gasteiger partial charge in [-0.2, -0.15) is 13.2 Å². The van der Waals surface area contributed by atoms with Crippen molar-refractivity contribution in [2.75, 3.05) is 61.4 Å². The van der Waals surface area contributed by atoms with Crippen LogP contribution in [0.4, 0.5) is 13.2 Å². The lowest BCUT2D eigenvalue weighted by Crippen LogP contribution is -2.50. The molecule has 4 aliphatic carbocycles. The van der Waals surface area contributed by atoms with Gasteiger partial charge in [-0.05, 0) is 155 Å². The summed E-state index contributed by atoms with van der Waals surface area (Å²) in [4.78, 5) is 28.1. The smallest absolute Gasteiger partial charge is 0.422 e. The van der Waals surface area contributed by atoms with Gasteiger partial charge in [0.1, 0.15) is 57.9 Å². The number of methoxy groups -OCH3 is 1. The van der Waals surface area contributed by atoms with Crippen molar-refractivity contribution in [2.24, 2.45) is 23.7 Å². The number of carbonyl (C=O) groups excluding carboxylic acids is 2. The fourth-order valence-electron chi connectivity index (χ4n) is 12.4. The highest BCUT2D eigenvalue weighted by molar-refractivity contribution is 7.97. The number of hydrogen-bond donors (Lipinski definition) is 0. The maximum absolute atomic E-state index is 12.7. The monoisotopic (exact) mass is 1050 g/mol. The second kappa shape index (κ2) is 23.9. The summed E-state index contributed by atoms with van der Waals surface area (Å²) in [6.45, 7) is -1.29. The fourth-order valence-corrected chi connectivity index (χ4v) is 19.9. The van der Waals surface area contributed by atoms with Crippen molar-refractivity contribution in [3.63, 3.8) is 0 Å². The molecule has 386 valence electrons. The van der Waals surface area contributed by atoms with Gasteiger partial charge in [0.15, 0.2) is 34.5 Å². The zero-order chi connectivity index (χ0) is 50.3. The summed E-state index contributed by atoms with van der Waals surface area (Å²) in [5, 5.41) is 6.56. The second-order valence-corrected chi connectivity index (χ2v) is 27.2. The van der Waals surface area contributed by atoms with E-state index in [0.717, 1.165) is 44.9 Å². The summed E-state index contributed by atoms with van der Waals surface area (Å²) in [5.74, 6) is 11.9. The number of ether oxygens (including phenoxy) is 5. The SMILES string of the molecule is COC(=O)COc1ccc([S+]2CCCC2)c2ccccc12.FC(F)(F)COc1ccc([S+]2CCCCC2)c2ccccc12.O=C(COc1ccc([S+]2CCCC2)c2ccccc12)OC1C2CC3CC(C2)CC1C3. The van der Waals surface area contributed by atoms with E-state index in [4.69, 9.17) is 18.9 Å². The number of alkyl halides is 3. The summed E-state index contributed by atoms with van der Waals surface area (Å²) >= 11 is 0. The number of halogens is 3. The molecule has 6 aromatic rings. The molecular weight excluding hydrogens is 986 g/mol. The summed E-state index contributed by atoms with van der Waals surface area (Å²) in [5.41, 5.74) is 0. The first-order valence-electron chi connectivity index (χ1n) is 26.4. The number of esters is 2. The molecule has 0 amide bonds. The van der Waals surface area contributed by atoms with Gasteiger partial charge in [0, 0.05) is 65.0 Å². The molecule has 3 saturated heterocycles. The highest BCUT2D eigenvalue weighted by Crippen LogP contribution is 2.54. The van der Waals surface area contributed by atoms with Crippen LogP contribution in [0, 0.1) is 23.7 Å². The number of rotatable bonds is 12. The lowest BCUT2D eigenvalue weighted by molar-refractivity contribution is -0.172. The summed E-state index contributed by atoms with van der Waals surface area (Å²) in [6, 6.07) is 36.5. The predicted octanol–water partition coefficient (Wildman–Crippen LogP) is 13.5. The van der Waals surface area contributed by atoms with Gasteiger partial charge in [0.05, 0.1) is 7.11 Å². The van der Waals surface area contributed by atoms with Crippen molar-refractivity contribution >= 4 is 76.9 Å². The van der Waals surface area contributed by atoms with Gasteiger partial charge in [-0.25, -0.2) is 9.59 Å². The van der Waals surface area contributed by atoms with Crippen LogP contribution in [0.5, 0.6) is 17.2 Å². The molecule has 7 fully saturated rings. The molecular formula is C60H68F3O7S3+3. The molecule has 4 bridgehead atoms. The van der Waals surface area contributed by atoms with Crippen LogP contribution in [0.2, 0.25) is 0 Å². The maximum Gasteiger partial charge on any atom is 0.422 e. The predicted molar refractivity (Wildman–Crippen MR) is 292 cm³/mol. The number of carbonyl (C=O) groups is 2. The topological polar surface area (TPSA) is 80.3 Å². The van der Waals surface area contributed by atoms with Crippen molar-refractivity contribution < 1.29 is 46.4 Å². The van der Waals surface area contributed by atoms with Crippen molar-refractivity contribution in [1.29, 1.82) is 0 Å². The molecule has 0 spiro atoms. The summed E-state index contributed by atoms with van der Waals surface area (Å²) < 4.78 is 64.4. The minimum Gasteiger partial charge on any atom is -0.483 e. The van der Waals surface area contributed by atoms with Gasteiger partial charge < -0.3 is 23.7 Å². The Labute approximate surface area is 436 Å². The molecule has 73 heavy (non-hydrogen) atoms.